The van der Waals surface area contributed by atoms with Crippen LogP contribution in [-0.2, 0) is 19.1 Å². The van der Waals surface area contributed by atoms with Gasteiger partial charge in [-0.1, -0.05) is 24.3 Å². The lowest BCUT2D eigenvalue weighted by atomic mass is 10.2. The van der Waals surface area contributed by atoms with Crippen LogP contribution in [0.15, 0.2) is 54.3 Å². The average molecular weight is 411 g/mol. The summed E-state index contributed by atoms with van der Waals surface area (Å²) in [7, 11) is 0. The Balaban J connectivity index is 1.73. The minimum atomic E-state index is -0.526. The van der Waals surface area contributed by atoms with Crippen molar-refractivity contribution in [3.05, 3.63) is 59.9 Å². The van der Waals surface area contributed by atoms with Crippen molar-refractivity contribution in [3.63, 3.8) is 0 Å². The van der Waals surface area contributed by atoms with Gasteiger partial charge >= 0.3 is 5.97 Å². The van der Waals surface area contributed by atoms with Crippen molar-refractivity contribution in [3.8, 4) is 11.5 Å². The normalized spacial score (nSPS) is 14.4. The number of nitrogens with zero attached hydrogens (tertiary/aromatic N) is 1. The Kier molecular flexibility index (Phi) is 6.95. The van der Waals surface area contributed by atoms with Crippen molar-refractivity contribution in [1.82, 2.24) is 0 Å². The van der Waals surface area contributed by atoms with Gasteiger partial charge < -0.3 is 18.9 Å². The van der Waals surface area contributed by atoms with E-state index in [-0.39, 0.29) is 24.9 Å². The largest absolute Gasteiger partial charge is 0.487 e. The Bertz CT molecular complexity index is 922. The van der Waals surface area contributed by atoms with Crippen molar-refractivity contribution in [2.45, 2.75) is 27.0 Å². The van der Waals surface area contributed by atoms with E-state index < -0.39 is 12.2 Å². The highest BCUT2D eigenvalue weighted by Gasteiger charge is 2.30. The second kappa shape index (κ2) is 9.82. The van der Waals surface area contributed by atoms with Gasteiger partial charge in [-0.05, 0) is 56.7 Å². The summed E-state index contributed by atoms with van der Waals surface area (Å²) >= 11 is 0. The van der Waals surface area contributed by atoms with E-state index in [9.17, 15) is 9.59 Å². The number of carbonyl (C=O) groups excluding carboxylic acids is 2. The van der Waals surface area contributed by atoms with Crippen molar-refractivity contribution in [1.29, 1.82) is 0 Å². The van der Waals surface area contributed by atoms with E-state index in [2.05, 4.69) is 0 Å². The van der Waals surface area contributed by atoms with Gasteiger partial charge in [0.05, 0.1) is 18.9 Å². The molecular weight excluding hydrogens is 386 g/mol. The van der Waals surface area contributed by atoms with Crippen LogP contribution in [0.25, 0.3) is 6.08 Å². The van der Waals surface area contributed by atoms with Gasteiger partial charge in [-0.3, -0.25) is 9.69 Å². The molecule has 2 aromatic carbocycles. The molecule has 0 N–H and O–H groups in total. The number of hydrogen-bond donors (Lipinski definition) is 0. The predicted molar refractivity (Wildman–Crippen MR) is 112 cm³/mol. The summed E-state index contributed by atoms with van der Waals surface area (Å²) in [6.07, 6.45) is 1.10. The van der Waals surface area contributed by atoms with Crippen molar-refractivity contribution < 1.29 is 28.5 Å². The van der Waals surface area contributed by atoms with E-state index in [1.54, 1.807) is 49.1 Å². The summed E-state index contributed by atoms with van der Waals surface area (Å²) < 4.78 is 21.8. The molecule has 1 aliphatic heterocycles. The number of para-hydroxylation sites is 2. The molecule has 7 heteroatoms. The van der Waals surface area contributed by atoms with E-state index in [1.165, 1.54) is 0 Å². The maximum absolute atomic E-state index is 12.4. The summed E-state index contributed by atoms with van der Waals surface area (Å²) in [4.78, 5) is 26.0. The molecule has 0 saturated heterocycles. The maximum atomic E-state index is 12.4. The lowest BCUT2D eigenvalue weighted by Gasteiger charge is -2.33. The summed E-state index contributed by atoms with van der Waals surface area (Å²) in [6.45, 7) is 5.96. The fraction of sp³-hybridized carbons (Fsp3) is 0.304. The summed E-state index contributed by atoms with van der Waals surface area (Å²) in [5.41, 5.74) is 1.44. The molecule has 1 aliphatic rings. The second-order valence-corrected chi connectivity index (χ2v) is 6.47. The van der Waals surface area contributed by atoms with Crippen molar-refractivity contribution in [2.24, 2.45) is 0 Å². The topological polar surface area (TPSA) is 74.3 Å². The molecule has 1 heterocycles. The zero-order valence-electron chi connectivity index (χ0n) is 17.3. The first kappa shape index (κ1) is 21.2. The molecular formula is C23H25NO6. The fourth-order valence-corrected chi connectivity index (χ4v) is 3.08. The Morgan fingerprint density at radius 3 is 2.50 bits per heavy atom. The molecule has 3 rings (SSSR count). The molecule has 0 aromatic heterocycles. The van der Waals surface area contributed by atoms with Gasteiger partial charge in [0.15, 0.2) is 12.8 Å². The van der Waals surface area contributed by atoms with Gasteiger partial charge in [-0.2, -0.15) is 0 Å². The summed E-state index contributed by atoms with van der Waals surface area (Å²) in [5.74, 6) is 0.715. The Hall–Kier alpha value is -3.48. The molecule has 2 aromatic rings. The lowest BCUT2D eigenvalue weighted by molar-refractivity contribution is -0.142. The van der Waals surface area contributed by atoms with Crippen LogP contribution in [0.4, 0.5) is 5.69 Å². The predicted octanol–water partition coefficient (Wildman–Crippen LogP) is 3.78. The van der Waals surface area contributed by atoms with Crippen LogP contribution in [0, 0.1) is 0 Å². The van der Waals surface area contributed by atoms with Crippen molar-refractivity contribution in [2.75, 3.05) is 24.7 Å². The zero-order chi connectivity index (χ0) is 21.5. The third-order valence-corrected chi connectivity index (χ3v) is 4.37. The number of carbonyl (C=O) groups is 2. The summed E-state index contributed by atoms with van der Waals surface area (Å²) in [6, 6.07) is 14.5. The first-order chi connectivity index (χ1) is 14.5. The molecule has 0 bridgehead atoms. The summed E-state index contributed by atoms with van der Waals surface area (Å²) in [5, 5.41) is 0. The quantitative estimate of drug-likeness (QED) is 0.374. The molecule has 1 atom stereocenters. The number of amides is 1. The number of anilines is 1. The molecule has 0 saturated carbocycles. The van der Waals surface area contributed by atoms with E-state index in [4.69, 9.17) is 18.9 Å². The number of benzene rings is 2. The van der Waals surface area contributed by atoms with Crippen LogP contribution < -0.4 is 14.4 Å². The Labute approximate surface area is 175 Å². The van der Waals surface area contributed by atoms with Crippen LogP contribution in [0.1, 0.15) is 26.3 Å². The van der Waals surface area contributed by atoms with Crippen LogP contribution in [-0.4, -0.2) is 37.9 Å². The van der Waals surface area contributed by atoms with Crippen LogP contribution in [0.5, 0.6) is 11.5 Å². The third kappa shape index (κ3) is 4.92. The molecule has 0 fully saturated rings. The molecule has 1 unspecified atom stereocenters. The molecule has 1 amide bonds. The molecule has 30 heavy (non-hydrogen) atoms. The van der Waals surface area contributed by atoms with E-state index >= 15 is 0 Å². The SMILES string of the molecule is CCOC(=O)/C(=C/c1ccc(OC(C)N2C(=O)COc3ccccc32)cc1)OCC. The van der Waals surface area contributed by atoms with Gasteiger partial charge in [-0.25, -0.2) is 4.79 Å². The van der Waals surface area contributed by atoms with Gasteiger partial charge in [-0.15, -0.1) is 0 Å². The van der Waals surface area contributed by atoms with Gasteiger partial charge in [0.2, 0.25) is 5.76 Å². The lowest BCUT2D eigenvalue weighted by Crippen LogP contribution is -2.47. The van der Waals surface area contributed by atoms with Gasteiger partial charge in [0, 0.05) is 0 Å². The minimum Gasteiger partial charge on any atom is -0.487 e. The average Bonchev–Trinajstić information content (AvgIpc) is 2.74. The smallest absolute Gasteiger partial charge is 0.373 e. The van der Waals surface area contributed by atoms with E-state index in [0.717, 1.165) is 5.56 Å². The van der Waals surface area contributed by atoms with Crippen LogP contribution in [0.2, 0.25) is 0 Å². The number of rotatable bonds is 8. The Morgan fingerprint density at radius 2 is 1.80 bits per heavy atom. The van der Waals surface area contributed by atoms with Crippen LogP contribution >= 0.6 is 0 Å². The highest BCUT2D eigenvalue weighted by atomic mass is 16.6. The molecule has 7 nitrogen and oxygen atoms in total. The van der Waals surface area contributed by atoms with E-state index in [1.807, 2.05) is 31.2 Å². The zero-order valence-corrected chi connectivity index (χ0v) is 17.3. The minimum absolute atomic E-state index is 0.0253. The monoisotopic (exact) mass is 411 g/mol. The van der Waals surface area contributed by atoms with Crippen molar-refractivity contribution >= 4 is 23.6 Å². The molecule has 0 aliphatic carbocycles. The highest BCUT2D eigenvalue weighted by molar-refractivity contribution is 5.98. The Morgan fingerprint density at radius 1 is 1.10 bits per heavy atom. The molecule has 0 spiro atoms. The van der Waals surface area contributed by atoms with Gasteiger partial charge in [0.1, 0.15) is 11.5 Å². The first-order valence-electron chi connectivity index (χ1n) is 9.85. The molecule has 158 valence electrons. The first-order valence-corrected chi connectivity index (χ1v) is 9.85. The fourth-order valence-electron chi connectivity index (χ4n) is 3.08. The standard InChI is InChI=1S/C23H25NO6/c1-4-27-21(23(26)28-5-2)14-17-10-12-18(13-11-17)30-16(3)24-19-8-6-7-9-20(19)29-15-22(24)25/h6-14,16H,4-5,15H2,1-3H3/b21-14-. The highest BCUT2D eigenvalue weighted by Crippen LogP contribution is 2.33. The number of hydrogen-bond acceptors (Lipinski definition) is 6. The number of ether oxygens (including phenoxy) is 4. The third-order valence-electron chi connectivity index (χ3n) is 4.37. The van der Waals surface area contributed by atoms with Gasteiger partial charge in [0.25, 0.3) is 5.91 Å². The second-order valence-electron chi connectivity index (χ2n) is 6.47. The van der Waals surface area contributed by atoms with E-state index in [0.29, 0.717) is 23.8 Å². The molecule has 0 radical (unpaired) electrons. The number of esters is 1. The number of fused-ring (bicyclic) bond motifs is 1. The maximum Gasteiger partial charge on any atom is 0.373 e. The van der Waals surface area contributed by atoms with Crippen LogP contribution in [0.3, 0.4) is 0 Å².